The molecule has 0 spiro atoms. The summed E-state index contributed by atoms with van der Waals surface area (Å²) >= 11 is 1.63. The van der Waals surface area contributed by atoms with E-state index in [1.54, 1.807) is 18.4 Å². The Morgan fingerprint density at radius 1 is 1.21 bits per heavy atom. The van der Waals surface area contributed by atoms with Crippen LogP contribution >= 0.6 is 11.3 Å². The van der Waals surface area contributed by atoms with Gasteiger partial charge < -0.3 is 14.4 Å². The Kier molecular flexibility index (Phi) is 6.41. The first-order chi connectivity index (χ1) is 16.2. The molecule has 0 bridgehead atoms. The lowest BCUT2D eigenvalue weighted by molar-refractivity contribution is 0.0526. The van der Waals surface area contributed by atoms with Crippen LogP contribution in [-0.4, -0.2) is 53.1 Å². The molecule has 1 saturated heterocycles. The Labute approximate surface area is 197 Å². The van der Waals surface area contributed by atoms with E-state index >= 15 is 0 Å². The lowest BCUT2D eigenvalue weighted by atomic mass is 10.1. The minimum absolute atomic E-state index is 0.0231. The number of methoxy groups -OCH3 is 1. The number of hydrogen-bond donors (Lipinski definition) is 0. The average Bonchev–Trinajstić information content (AvgIpc) is 3.60. The second-order valence-corrected chi connectivity index (χ2v) is 9.04. The molecule has 33 heavy (non-hydrogen) atoms. The van der Waals surface area contributed by atoms with E-state index in [-0.39, 0.29) is 12.0 Å². The van der Waals surface area contributed by atoms with Crippen LogP contribution in [0.5, 0.6) is 5.75 Å². The van der Waals surface area contributed by atoms with Gasteiger partial charge in [-0.1, -0.05) is 42.5 Å². The third kappa shape index (κ3) is 4.65. The van der Waals surface area contributed by atoms with Gasteiger partial charge in [-0.25, -0.2) is 4.98 Å². The normalized spacial score (nSPS) is 15.7. The fourth-order valence-electron chi connectivity index (χ4n) is 4.31. The van der Waals surface area contributed by atoms with E-state index in [1.807, 2.05) is 47.4 Å². The molecule has 0 N–H and O–H groups in total. The van der Waals surface area contributed by atoms with E-state index in [4.69, 9.17) is 14.5 Å². The minimum Gasteiger partial charge on any atom is -0.496 e. The molecule has 1 amide bonds. The largest absolute Gasteiger partial charge is 0.496 e. The number of fused-ring (bicyclic) bond motifs is 1. The summed E-state index contributed by atoms with van der Waals surface area (Å²) in [7, 11) is 1.60. The third-order valence-electron chi connectivity index (χ3n) is 6.06. The molecule has 0 saturated carbocycles. The summed E-state index contributed by atoms with van der Waals surface area (Å²) in [6.45, 7) is 1.95. The van der Waals surface area contributed by atoms with Crippen molar-refractivity contribution in [2.45, 2.75) is 25.4 Å². The number of ether oxygens (including phenoxy) is 2. The molecule has 170 valence electrons. The summed E-state index contributed by atoms with van der Waals surface area (Å²) < 4.78 is 13.4. The number of rotatable bonds is 8. The molecule has 0 radical (unpaired) electrons. The Morgan fingerprint density at radius 2 is 2.03 bits per heavy atom. The van der Waals surface area contributed by atoms with Crippen LogP contribution < -0.4 is 4.74 Å². The molecule has 2 aromatic carbocycles. The van der Waals surface area contributed by atoms with Crippen molar-refractivity contribution >= 4 is 22.2 Å². The molecule has 1 unspecified atom stereocenters. The molecule has 4 aromatic rings. The number of benzene rings is 2. The maximum absolute atomic E-state index is 13.5. The number of nitrogens with zero attached hydrogens (tertiary/aromatic N) is 3. The van der Waals surface area contributed by atoms with E-state index in [0.717, 1.165) is 47.8 Å². The van der Waals surface area contributed by atoms with E-state index in [1.165, 1.54) is 0 Å². The molecule has 2 aromatic heterocycles. The minimum atomic E-state index is -0.0231. The van der Waals surface area contributed by atoms with Gasteiger partial charge in [0.05, 0.1) is 24.5 Å². The molecule has 1 fully saturated rings. The van der Waals surface area contributed by atoms with Crippen LogP contribution in [0, 0.1) is 0 Å². The Balaban J connectivity index is 1.37. The topological polar surface area (TPSA) is 56.1 Å². The van der Waals surface area contributed by atoms with Crippen LogP contribution in [0.3, 0.4) is 0 Å². The monoisotopic (exact) mass is 461 g/mol. The quantitative estimate of drug-likeness (QED) is 0.373. The highest BCUT2D eigenvalue weighted by Gasteiger charge is 2.25. The summed E-state index contributed by atoms with van der Waals surface area (Å²) in [5.41, 5.74) is 3.80. The standard InChI is InChI=1S/C26H27N3O3S/c1-31-24-12-6-5-11-22(24)25(30)28(16-21-10-7-15-32-21)14-13-20-18-33-26-27-23(17-29(20)26)19-8-3-2-4-9-19/h2-6,8-9,11-12,17-18,21H,7,10,13-16H2,1H3. The first kappa shape index (κ1) is 21.7. The highest BCUT2D eigenvalue weighted by molar-refractivity contribution is 7.15. The number of hydrogen-bond acceptors (Lipinski definition) is 5. The summed E-state index contributed by atoms with van der Waals surface area (Å²) in [6.07, 6.45) is 4.94. The molecule has 5 rings (SSSR count). The van der Waals surface area contributed by atoms with Crippen LogP contribution in [0.4, 0.5) is 0 Å². The number of imidazole rings is 1. The number of aromatic nitrogens is 2. The maximum Gasteiger partial charge on any atom is 0.257 e. The molecule has 6 nitrogen and oxygen atoms in total. The number of para-hydroxylation sites is 1. The zero-order valence-electron chi connectivity index (χ0n) is 18.6. The highest BCUT2D eigenvalue weighted by atomic mass is 32.1. The second-order valence-electron chi connectivity index (χ2n) is 8.21. The SMILES string of the molecule is COc1ccccc1C(=O)N(CCc1csc2nc(-c3ccccc3)cn12)CC1CCCO1. The van der Waals surface area contributed by atoms with Crippen molar-refractivity contribution in [2.24, 2.45) is 0 Å². The van der Waals surface area contributed by atoms with Crippen molar-refractivity contribution in [3.05, 3.63) is 77.4 Å². The van der Waals surface area contributed by atoms with Crippen LogP contribution in [0.25, 0.3) is 16.2 Å². The predicted octanol–water partition coefficient (Wildman–Crippen LogP) is 4.94. The Morgan fingerprint density at radius 3 is 2.82 bits per heavy atom. The van der Waals surface area contributed by atoms with Gasteiger partial charge in [-0.2, -0.15) is 0 Å². The van der Waals surface area contributed by atoms with Crippen molar-refractivity contribution in [3.63, 3.8) is 0 Å². The van der Waals surface area contributed by atoms with E-state index in [2.05, 4.69) is 28.1 Å². The van der Waals surface area contributed by atoms with Gasteiger partial charge in [-0.15, -0.1) is 11.3 Å². The molecule has 1 aliphatic rings. The van der Waals surface area contributed by atoms with Crippen molar-refractivity contribution in [1.29, 1.82) is 0 Å². The molecule has 7 heteroatoms. The lowest BCUT2D eigenvalue weighted by Gasteiger charge is -2.26. The van der Waals surface area contributed by atoms with E-state index < -0.39 is 0 Å². The van der Waals surface area contributed by atoms with Gasteiger partial charge in [0.1, 0.15) is 5.75 Å². The fraction of sp³-hybridized carbons (Fsp3) is 0.308. The summed E-state index contributed by atoms with van der Waals surface area (Å²) in [5.74, 6) is 0.574. The number of carbonyl (C=O) groups is 1. The summed E-state index contributed by atoms with van der Waals surface area (Å²) in [5, 5.41) is 2.13. The predicted molar refractivity (Wildman–Crippen MR) is 130 cm³/mol. The van der Waals surface area contributed by atoms with Crippen molar-refractivity contribution < 1.29 is 14.3 Å². The molecule has 1 atom stereocenters. The van der Waals surface area contributed by atoms with Crippen molar-refractivity contribution in [1.82, 2.24) is 14.3 Å². The van der Waals surface area contributed by atoms with Gasteiger partial charge in [-0.05, 0) is 25.0 Å². The fourth-order valence-corrected chi connectivity index (χ4v) is 5.22. The zero-order chi connectivity index (χ0) is 22.6. The van der Waals surface area contributed by atoms with Crippen LogP contribution in [0.2, 0.25) is 0 Å². The van der Waals surface area contributed by atoms with Gasteiger partial charge in [0.25, 0.3) is 5.91 Å². The molecule has 3 heterocycles. The zero-order valence-corrected chi connectivity index (χ0v) is 19.5. The number of carbonyl (C=O) groups excluding carboxylic acids is 1. The van der Waals surface area contributed by atoms with E-state index in [9.17, 15) is 4.79 Å². The van der Waals surface area contributed by atoms with Gasteiger partial charge >= 0.3 is 0 Å². The first-order valence-corrected chi connectivity index (χ1v) is 12.2. The lowest BCUT2D eigenvalue weighted by Crippen LogP contribution is -2.39. The van der Waals surface area contributed by atoms with Gasteiger partial charge in [0.15, 0.2) is 4.96 Å². The maximum atomic E-state index is 13.5. The molecular weight excluding hydrogens is 434 g/mol. The summed E-state index contributed by atoms with van der Waals surface area (Å²) in [4.78, 5) is 21.2. The smallest absolute Gasteiger partial charge is 0.257 e. The molecular formula is C26H27N3O3S. The Hall–Kier alpha value is -3.16. The molecule has 0 aliphatic carbocycles. The number of thiazole rings is 1. The Bertz CT molecular complexity index is 1230. The van der Waals surface area contributed by atoms with Gasteiger partial charge in [-0.3, -0.25) is 9.20 Å². The summed E-state index contributed by atoms with van der Waals surface area (Å²) in [6, 6.07) is 17.6. The second kappa shape index (κ2) is 9.77. The van der Waals surface area contributed by atoms with Gasteiger partial charge in [0.2, 0.25) is 0 Å². The first-order valence-electron chi connectivity index (χ1n) is 11.3. The highest BCUT2D eigenvalue weighted by Crippen LogP contribution is 2.25. The average molecular weight is 462 g/mol. The van der Waals surface area contributed by atoms with Crippen molar-refractivity contribution in [2.75, 3.05) is 26.8 Å². The third-order valence-corrected chi connectivity index (χ3v) is 6.95. The van der Waals surface area contributed by atoms with Crippen LogP contribution in [-0.2, 0) is 11.2 Å². The van der Waals surface area contributed by atoms with Crippen LogP contribution in [0.1, 0.15) is 28.9 Å². The van der Waals surface area contributed by atoms with Crippen LogP contribution in [0.15, 0.2) is 66.2 Å². The molecule has 1 aliphatic heterocycles. The van der Waals surface area contributed by atoms with Gasteiger partial charge in [0, 0.05) is 49.0 Å². The van der Waals surface area contributed by atoms with Crippen molar-refractivity contribution in [3.8, 4) is 17.0 Å². The number of amides is 1. The van der Waals surface area contributed by atoms with E-state index in [0.29, 0.717) is 24.4 Å².